The van der Waals surface area contributed by atoms with Crippen LogP contribution in [0.15, 0.2) is 91.0 Å². The quantitative estimate of drug-likeness (QED) is 0.475. The summed E-state index contributed by atoms with van der Waals surface area (Å²) in [4.78, 5) is 26.3. The molecule has 4 atom stereocenters. The molecule has 164 valence electrons. The van der Waals surface area contributed by atoms with Crippen LogP contribution in [0.2, 0.25) is 0 Å². The van der Waals surface area contributed by atoms with Crippen molar-refractivity contribution in [3.8, 4) is 0 Å². The molecular weight excluding hydrogens is 426 g/mol. The first-order valence-electron chi connectivity index (χ1n) is 10.2. The normalized spacial score (nSPS) is 24.4. The number of sulfone groups is 1. The molecule has 3 aromatic rings. The van der Waals surface area contributed by atoms with Gasteiger partial charge in [0.25, 0.3) is 0 Å². The third-order valence-corrected chi connectivity index (χ3v) is 8.11. The number of Topliss-reactive ketones (excluding diaryl/α,β-unsaturated/α-hetero) is 1. The summed E-state index contributed by atoms with van der Waals surface area (Å²) in [5.41, 5.74) is 1.54. The van der Waals surface area contributed by atoms with Gasteiger partial charge in [-0.15, -0.1) is 0 Å². The SMILES string of the molecule is COC(=O)[C@@H]1[C@@H](c2ccccc2)N[C@@H](c2ccccc2)[C@H](C(=O)c2ccccc2)S1(=O)=O. The number of rotatable bonds is 5. The number of ketones is 1. The lowest BCUT2D eigenvalue weighted by Gasteiger charge is -2.41. The first kappa shape index (κ1) is 21.9. The Kier molecular flexibility index (Phi) is 6.21. The Bertz CT molecular complexity index is 1200. The lowest BCUT2D eigenvalue weighted by Crippen LogP contribution is -2.59. The van der Waals surface area contributed by atoms with Gasteiger partial charge < -0.3 is 4.74 Å². The van der Waals surface area contributed by atoms with Gasteiger partial charge in [0.15, 0.2) is 20.9 Å². The van der Waals surface area contributed by atoms with Crippen molar-refractivity contribution in [2.45, 2.75) is 22.6 Å². The molecule has 0 aromatic heterocycles. The molecule has 0 unspecified atom stereocenters. The van der Waals surface area contributed by atoms with Gasteiger partial charge in [-0.1, -0.05) is 91.0 Å². The summed E-state index contributed by atoms with van der Waals surface area (Å²) in [5.74, 6) is -1.46. The van der Waals surface area contributed by atoms with Crippen molar-refractivity contribution in [3.63, 3.8) is 0 Å². The van der Waals surface area contributed by atoms with E-state index in [1.54, 1.807) is 78.9 Å². The van der Waals surface area contributed by atoms with Gasteiger partial charge in [0.2, 0.25) is 0 Å². The molecule has 1 aliphatic rings. The second-order valence-electron chi connectivity index (χ2n) is 7.63. The summed E-state index contributed by atoms with van der Waals surface area (Å²) in [6.07, 6.45) is 0. The zero-order valence-corrected chi connectivity index (χ0v) is 18.2. The molecule has 6 nitrogen and oxygen atoms in total. The maximum Gasteiger partial charge on any atom is 0.326 e. The lowest BCUT2D eigenvalue weighted by atomic mass is 9.93. The summed E-state index contributed by atoms with van der Waals surface area (Å²) in [6, 6.07) is 24.4. The fourth-order valence-electron chi connectivity index (χ4n) is 4.22. The monoisotopic (exact) mass is 449 g/mol. The maximum atomic E-state index is 13.9. The standard InChI is InChI=1S/C25H23NO5S/c1-31-25(28)24-21(18-13-7-3-8-14-18)26-20(17-11-5-2-6-12-17)23(32(24,29)30)22(27)19-15-9-4-10-16-19/h2-16,20-21,23-24,26H,1H3/t20-,21+,23+,24-/m0/s1. The minimum atomic E-state index is -4.30. The van der Waals surface area contributed by atoms with E-state index in [0.29, 0.717) is 11.1 Å². The van der Waals surface area contributed by atoms with E-state index in [4.69, 9.17) is 4.74 Å². The summed E-state index contributed by atoms with van der Waals surface area (Å²) < 4.78 is 32.8. The van der Waals surface area contributed by atoms with Crippen molar-refractivity contribution in [1.82, 2.24) is 5.32 Å². The van der Waals surface area contributed by atoms with Crippen LogP contribution in [0.5, 0.6) is 0 Å². The van der Waals surface area contributed by atoms with Crippen molar-refractivity contribution in [2.75, 3.05) is 7.11 Å². The Morgan fingerprint density at radius 3 is 1.62 bits per heavy atom. The molecule has 1 heterocycles. The third kappa shape index (κ3) is 3.97. The number of benzene rings is 3. The molecule has 1 aliphatic heterocycles. The fourth-order valence-corrected chi connectivity index (χ4v) is 6.57. The van der Waals surface area contributed by atoms with E-state index < -0.39 is 44.2 Å². The van der Waals surface area contributed by atoms with Gasteiger partial charge in [-0.05, 0) is 11.1 Å². The van der Waals surface area contributed by atoms with Crippen LogP contribution in [0, 0.1) is 0 Å². The molecule has 1 N–H and O–H groups in total. The highest BCUT2D eigenvalue weighted by atomic mass is 32.2. The van der Waals surface area contributed by atoms with Crippen molar-refractivity contribution < 1.29 is 22.7 Å². The average molecular weight is 450 g/mol. The Morgan fingerprint density at radius 2 is 1.16 bits per heavy atom. The number of ether oxygens (including phenoxy) is 1. The number of hydrogen-bond donors (Lipinski definition) is 1. The van der Waals surface area contributed by atoms with Crippen LogP contribution in [-0.4, -0.2) is 37.8 Å². The van der Waals surface area contributed by atoms with Gasteiger partial charge in [0, 0.05) is 5.56 Å². The number of hydrogen-bond acceptors (Lipinski definition) is 6. The minimum absolute atomic E-state index is 0.269. The number of nitrogens with one attached hydrogen (secondary N) is 1. The van der Waals surface area contributed by atoms with Crippen LogP contribution in [0.1, 0.15) is 33.6 Å². The molecule has 3 aromatic carbocycles. The Hall–Kier alpha value is -3.29. The summed E-state index contributed by atoms with van der Waals surface area (Å²) in [7, 11) is -3.15. The van der Waals surface area contributed by atoms with Crippen LogP contribution in [-0.2, 0) is 19.4 Å². The van der Waals surface area contributed by atoms with Crippen molar-refractivity contribution in [3.05, 3.63) is 108 Å². The first-order chi connectivity index (χ1) is 15.4. The van der Waals surface area contributed by atoms with E-state index in [0.717, 1.165) is 7.11 Å². The van der Waals surface area contributed by atoms with Crippen LogP contribution in [0.25, 0.3) is 0 Å². The van der Waals surface area contributed by atoms with E-state index in [-0.39, 0.29) is 5.56 Å². The van der Waals surface area contributed by atoms with Crippen LogP contribution >= 0.6 is 0 Å². The first-order valence-corrected chi connectivity index (χ1v) is 11.8. The molecule has 0 spiro atoms. The second-order valence-corrected chi connectivity index (χ2v) is 9.82. The fraction of sp³-hybridized carbons (Fsp3) is 0.200. The summed E-state index contributed by atoms with van der Waals surface area (Å²) in [6.45, 7) is 0. The third-order valence-electron chi connectivity index (χ3n) is 5.74. The number of carbonyl (C=O) groups is 2. The van der Waals surface area contributed by atoms with Gasteiger partial charge in [-0.25, -0.2) is 8.42 Å². The number of carbonyl (C=O) groups excluding carboxylic acids is 2. The second kappa shape index (κ2) is 9.06. The molecule has 0 saturated carbocycles. The molecular formula is C25H23NO5S. The summed E-state index contributed by atoms with van der Waals surface area (Å²) >= 11 is 0. The van der Waals surface area contributed by atoms with Gasteiger partial charge in [0.1, 0.15) is 5.25 Å². The number of methoxy groups -OCH3 is 1. The molecule has 0 radical (unpaired) electrons. The van der Waals surface area contributed by atoms with E-state index in [2.05, 4.69) is 5.32 Å². The molecule has 0 bridgehead atoms. The Balaban J connectivity index is 1.90. The highest BCUT2D eigenvalue weighted by Gasteiger charge is 2.56. The Labute approximate surface area is 187 Å². The molecule has 1 fully saturated rings. The lowest BCUT2D eigenvalue weighted by molar-refractivity contribution is -0.140. The van der Waals surface area contributed by atoms with E-state index >= 15 is 0 Å². The van der Waals surface area contributed by atoms with Gasteiger partial charge in [0.05, 0.1) is 19.2 Å². The molecule has 0 aliphatic carbocycles. The van der Waals surface area contributed by atoms with Gasteiger partial charge >= 0.3 is 5.97 Å². The van der Waals surface area contributed by atoms with Crippen LogP contribution < -0.4 is 5.32 Å². The van der Waals surface area contributed by atoms with E-state index in [1.165, 1.54) is 0 Å². The molecule has 4 rings (SSSR count). The predicted octanol–water partition coefficient (Wildman–Crippen LogP) is 3.28. The molecule has 1 saturated heterocycles. The van der Waals surface area contributed by atoms with Gasteiger partial charge in [-0.3, -0.25) is 14.9 Å². The van der Waals surface area contributed by atoms with Gasteiger partial charge in [-0.2, -0.15) is 0 Å². The molecule has 7 heteroatoms. The maximum absolute atomic E-state index is 13.9. The Morgan fingerprint density at radius 1 is 0.719 bits per heavy atom. The minimum Gasteiger partial charge on any atom is -0.468 e. The highest BCUT2D eigenvalue weighted by Crippen LogP contribution is 2.39. The van der Waals surface area contributed by atoms with E-state index in [1.807, 2.05) is 12.1 Å². The topological polar surface area (TPSA) is 89.5 Å². The zero-order chi connectivity index (χ0) is 22.7. The molecule has 32 heavy (non-hydrogen) atoms. The summed E-state index contributed by atoms with van der Waals surface area (Å²) in [5, 5.41) is 0.255. The predicted molar refractivity (Wildman–Crippen MR) is 121 cm³/mol. The van der Waals surface area contributed by atoms with Crippen molar-refractivity contribution >= 4 is 21.6 Å². The smallest absolute Gasteiger partial charge is 0.326 e. The largest absolute Gasteiger partial charge is 0.468 e. The average Bonchev–Trinajstić information content (AvgIpc) is 2.83. The van der Waals surface area contributed by atoms with E-state index in [9.17, 15) is 18.0 Å². The van der Waals surface area contributed by atoms with Crippen LogP contribution in [0.3, 0.4) is 0 Å². The highest BCUT2D eigenvalue weighted by molar-refractivity contribution is 7.94. The van der Waals surface area contributed by atoms with Crippen molar-refractivity contribution in [1.29, 1.82) is 0 Å². The van der Waals surface area contributed by atoms with Crippen LogP contribution in [0.4, 0.5) is 0 Å². The van der Waals surface area contributed by atoms with Crippen molar-refractivity contribution in [2.24, 2.45) is 0 Å². The molecule has 0 amide bonds. The number of esters is 1. The zero-order valence-electron chi connectivity index (χ0n) is 17.4.